The molecule has 0 spiro atoms. The Kier molecular flexibility index (Phi) is 4.27. The number of rotatable bonds is 5. The molecule has 1 aliphatic heterocycles. The van der Waals surface area contributed by atoms with E-state index in [2.05, 4.69) is 5.32 Å². The first-order valence-corrected chi connectivity index (χ1v) is 6.58. The van der Waals surface area contributed by atoms with Crippen molar-refractivity contribution in [2.24, 2.45) is 5.41 Å². The molecule has 0 aromatic carbocycles. The Morgan fingerprint density at radius 1 is 1.58 bits per heavy atom. The third-order valence-electron chi connectivity index (χ3n) is 3.65. The van der Waals surface area contributed by atoms with Gasteiger partial charge in [-0.15, -0.1) is 0 Å². The highest BCUT2D eigenvalue weighted by molar-refractivity contribution is 5.83. The fourth-order valence-corrected chi connectivity index (χ4v) is 2.67. The SMILES string of the molecule is COCC1(C(=O)N(C)Cc2ccc(C)o2)CCNC1. The minimum atomic E-state index is -0.425. The molecule has 1 fully saturated rings. The van der Waals surface area contributed by atoms with Gasteiger partial charge in [0, 0.05) is 20.7 Å². The Hall–Kier alpha value is -1.33. The fourth-order valence-electron chi connectivity index (χ4n) is 2.67. The number of ether oxygens (including phenoxy) is 1. The number of carbonyl (C=O) groups excluding carboxylic acids is 1. The largest absolute Gasteiger partial charge is 0.464 e. The van der Waals surface area contributed by atoms with Gasteiger partial charge >= 0.3 is 0 Å². The van der Waals surface area contributed by atoms with Crippen LogP contribution in [0.5, 0.6) is 0 Å². The molecule has 0 radical (unpaired) electrons. The molecule has 2 rings (SSSR count). The van der Waals surface area contributed by atoms with Crippen molar-refractivity contribution < 1.29 is 13.9 Å². The second-order valence-corrected chi connectivity index (χ2v) is 5.31. The van der Waals surface area contributed by atoms with Crippen LogP contribution in [0.1, 0.15) is 17.9 Å². The van der Waals surface area contributed by atoms with Crippen LogP contribution >= 0.6 is 0 Å². The average Bonchev–Trinajstić information content (AvgIpc) is 2.99. The molecule has 1 atom stereocenters. The highest BCUT2D eigenvalue weighted by atomic mass is 16.5. The van der Waals surface area contributed by atoms with Crippen molar-refractivity contribution in [2.45, 2.75) is 19.9 Å². The second-order valence-electron chi connectivity index (χ2n) is 5.31. The summed E-state index contributed by atoms with van der Waals surface area (Å²) in [6, 6.07) is 3.82. The van der Waals surface area contributed by atoms with E-state index in [0.717, 1.165) is 24.5 Å². The standard InChI is InChI=1S/C14H22N2O3/c1-11-4-5-12(19-11)8-16(2)13(17)14(10-18-3)6-7-15-9-14/h4-5,15H,6-10H2,1-3H3. The van der Waals surface area contributed by atoms with Crippen LogP contribution in [0.3, 0.4) is 0 Å². The Morgan fingerprint density at radius 2 is 2.37 bits per heavy atom. The molecule has 5 nitrogen and oxygen atoms in total. The van der Waals surface area contributed by atoms with Crippen LogP contribution in [0, 0.1) is 12.3 Å². The van der Waals surface area contributed by atoms with E-state index in [1.165, 1.54) is 0 Å². The summed E-state index contributed by atoms with van der Waals surface area (Å²) in [5.41, 5.74) is -0.425. The van der Waals surface area contributed by atoms with Gasteiger partial charge in [-0.3, -0.25) is 4.79 Å². The molecular weight excluding hydrogens is 244 g/mol. The lowest BCUT2D eigenvalue weighted by Gasteiger charge is -2.30. The van der Waals surface area contributed by atoms with Crippen molar-refractivity contribution >= 4 is 5.91 Å². The molecule has 0 aliphatic carbocycles. The summed E-state index contributed by atoms with van der Waals surface area (Å²) in [7, 11) is 3.46. The van der Waals surface area contributed by atoms with E-state index in [1.807, 2.05) is 26.1 Å². The number of aryl methyl sites for hydroxylation is 1. The molecule has 0 saturated carbocycles. The number of hydrogen-bond acceptors (Lipinski definition) is 4. The fraction of sp³-hybridized carbons (Fsp3) is 0.643. The molecule has 106 valence electrons. The van der Waals surface area contributed by atoms with Crippen molar-refractivity contribution in [1.82, 2.24) is 10.2 Å². The molecule has 1 amide bonds. The molecule has 2 heterocycles. The van der Waals surface area contributed by atoms with Gasteiger partial charge in [0.25, 0.3) is 0 Å². The predicted octanol–water partition coefficient (Wildman–Crippen LogP) is 1.17. The van der Waals surface area contributed by atoms with Crippen LogP contribution in [-0.4, -0.2) is 44.7 Å². The quantitative estimate of drug-likeness (QED) is 0.869. The number of methoxy groups -OCH3 is 1. The summed E-state index contributed by atoms with van der Waals surface area (Å²) in [5, 5.41) is 3.25. The zero-order valence-corrected chi connectivity index (χ0v) is 11.9. The first-order valence-electron chi connectivity index (χ1n) is 6.58. The van der Waals surface area contributed by atoms with Crippen LogP contribution in [0.4, 0.5) is 0 Å². The van der Waals surface area contributed by atoms with E-state index in [0.29, 0.717) is 19.7 Å². The average molecular weight is 266 g/mol. The molecule has 5 heteroatoms. The molecule has 1 saturated heterocycles. The topological polar surface area (TPSA) is 54.7 Å². The van der Waals surface area contributed by atoms with E-state index in [1.54, 1.807) is 12.0 Å². The van der Waals surface area contributed by atoms with Crippen LogP contribution in [0.2, 0.25) is 0 Å². The number of furan rings is 1. The van der Waals surface area contributed by atoms with Crippen molar-refractivity contribution in [3.8, 4) is 0 Å². The molecule has 1 aromatic rings. The summed E-state index contributed by atoms with van der Waals surface area (Å²) < 4.78 is 10.8. The molecule has 1 aromatic heterocycles. The van der Waals surface area contributed by atoms with E-state index in [9.17, 15) is 4.79 Å². The van der Waals surface area contributed by atoms with Gasteiger partial charge in [-0.05, 0) is 32.0 Å². The Morgan fingerprint density at radius 3 is 2.89 bits per heavy atom. The second kappa shape index (κ2) is 5.75. The summed E-state index contributed by atoms with van der Waals surface area (Å²) in [5.74, 6) is 1.80. The van der Waals surface area contributed by atoms with Crippen molar-refractivity contribution in [2.75, 3.05) is 33.9 Å². The number of nitrogens with one attached hydrogen (secondary N) is 1. The van der Waals surface area contributed by atoms with E-state index >= 15 is 0 Å². The summed E-state index contributed by atoms with van der Waals surface area (Å²) in [4.78, 5) is 14.4. The summed E-state index contributed by atoms with van der Waals surface area (Å²) in [6.07, 6.45) is 0.821. The maximum absolute atomic E-state index is 12.6. The molecule has 1 N–H and O–H groups in total. The van der Waals surface area contributed by atoms with Crippen LogP contribution in [0.15, 0.2) is 16.5 Å². The monoisotopic (exact) mass is 266 g/mol. The molecule has 19 heavy (non-hydrogen) atoms. The lowest BCUT2D eigenvalue weighted by atomic mass is 9.86. The van der Waals surface area contributed by atoms with Gasteiger partial charge in [0.15, 0.2) is 0 Å². The maximum atomic E-state index is 12.6. The first-order chi connectivity index (χ1) is 9.07. The smallest absolute Gasteiger partial charge is 0.232 e. The maximum Gasteiger partial charge on any atom is 0.232 e. The highest BCUT2D eigenvalue weighted by Crippen LogP contribution is 2.28. The van der Waals surface area contributed by atoms with Crippen LogP contribution in [-0.2, 0) is 16.1 Å². The summed E-state index contributed by atoms with van der Waals surface area (Å²) in [6.45, 7) is 4.40. The number of carbonyl (C=O) groups is 1. The zero-order valence-electron chi connectivity index (χ0n) is 11.9. The minimum Gasteiger partial charge on any atom is -0.464 e. The van der Waals surface area contributed by atoms with Gasteiger partial charge < -0.3 is 19.4 Å². The third-order valence-corrected chi connectivity index (χ3v) is 3.65. The molecule has 0 bridgehead atoms. The Bertz CT molecular complexity index is 436. The van der Waals surface area contributed by atoms with Gasteiger partial charge in [-0.25, -0.2) is 0 Å². The van der Waals surface area contributed by atoms with Crippen molar-refractivity contribution in [3.63, 3.8) is 0 Å². The molecule has 1 aliphatic rings. The van der Waals surface area contributed by atoms with Crippen molar-refractivity contribution in [3.05, 3.63) is 23.7 Å². The van der Waals surface area contributed by atoms with Crippen LogP contribution < -0.4 is 5.32 Å². The summed E-state index contributed by atoms with van der Waals surface area (Å²) >= 11 is 0. The number of amides is 1. The molecule has 1 unspecified atom stereocenters. The molecular formula is C14H22N2O3. The van der Waals surface area contributed by atoms with Gasteiger partial charge in [-0.1, -0.05) is 0 Å². The van der Waals surface area contributed by atoms with E-state index in [-0.39, 0.29) is 5.91 Å². The lowest BCUT2D eigenvalue weighted by molar-refractivity contribution is -0.143. The first kappa shape index (κ1) is 14.1. The zero-order chi connectivity index (χ0) is 13.9. The van der Waals surface area contributed by atoms with E-state index < -0.39 is 5.41 Å². The van der Waals surface area contributed by atoms with Crippen LogP contribution in [0.25, 0.3) is 0 Å². The Balaban J connectivity index is 2.04. The number of hydrogen-bond donors (Lipinski definition) is 1. The minimum absolute atomic E-state index is 0.119. The van der Waals surface area contributed by atoms with Gasteiger partial charge in [0.05, 0.1) is 18.6 Å². The van der Waals surface area contributed by atoms with Gasteiger partial charge in [0.2, 0.25) is 5.91 Å². The normalized spacial score (nSPS) is 22.7. The highest BCUT2D eigenvalue weighted by Gasteiger charge is 2.43. The Labute approximate surface area is 113 Å². The predicted molar refractivity (Wildman–Crippen MR) is 71.7 cm³/mol. The van der Waals surface area contributed by atoms with Gasteiger partial charge in [0.1, 0.15) is 11.5 Å². The van der Waals surface area contributed by atoms with Crippen molar-refractivity contribution in [1.29, 1.82) is 0 Å². The van der Waals surface area contributed by atoms with E-state index in [4.69, 9.17) is 9.15 Å². The third kappa shape index (κ3) is 2.98. The number of nitrogens with zero attached hydrogens (tertiary/aromatic N) is 1. The lowest BCUT2D eigenvalue weighted by Crippen LogP contribution is -2.46. The van der Waals surface area contributed by atoms with Gasteiger partial charge in [-0.2, -0.15) is 0 Å².